The summed E-state index contributed by atoms with van der Waals surface area (Å²) in [5.41, 5.74) is 0.835. The number of carbonyl (C=O) groups excluding carboxylic acids is 1. The molecule has 0 aliphatic heterocycles. The van der Waals surface area contributed by atoms with Crippen LogP contribution < -0.4 is 4.72 Å². The zero-order valence-electron chi connectivity index (χ0n) is 9.36. The van der Waals surface area contributed by atoms with E-state index in [0.717, 1.165) is 5.56 Å². The Labute approximate surface area is 95.7 Å². The number of hydrogen-bond acceptors (Lipinski definition) is 3. The van der Waals surface area contributed by atoms with Crippen LogP contribution in [0.2, 0.25) is 0 Å². The van der Waals surface area contributed by atoms with Crippen molar-refractivity contribution in [3.05, 3.63) is 29.8 Å². The summed E-state index contributed by atoms with van der Waals surface area (Å²) in [5.74, 6) is 0.143. The van der Waals surface area contributed by atoms with Crippen LogP contribution in [0, 0.1) is 0 Å². The number of sulfonamides is 1. The fourth-order valence-corrected chi connectivity index (χ4v) is 1.99. The number of carbonyl (C=O) groups is 1. The van der Waals surface area contributed by atoms with Crippen LogP contribution in [0.15, 0.2) is 29.2 Å². The molecule has 88 valence electrons. The van der Waals surface area contributed by atoms with Crippen LogP contribution in [0.25, 0.3) is 0 Å². The third-order valence-corrected chi connectivity index (χ3v) is 3.73. The van der Waals surface area contributed by atoms with Crippen molar-refractivity contribution < 1.29 is 13.2 Å². The highest BCUT2D eigenvalue weighted by Gasteiger charge is 2.10. The normalized spacial score (nSPS) is 11.4. The minimum atomic E-state index is -3.38. The molecule has 0 heterocycles. The number of hydrogen-bond donors (Lipinski definition) is 1. The molecule has 0 atom stereocenters. The van der Waals surface area contributed by atoms with Gasteiger partial charge in [0.25, 0.3) is 0 Å². The maximum absolute atomic E-state index is 11.4. The molecule has 4 nitrogen and oxygen atoms in total. The van der Waals surface area contributed by atoms with Gasteiger partial charge in [0.2, 0.25) is 10.0 Å². The van der Waals surface area contributed by atoms with Gasteiger partial charge in [0, 0.05) is 12.8 Å². The summed E-state index contributed by atoms with van der Waals surface area (Å²) in [6, 6.07) is 6.34. The number of Topliss-reactive ketones (excluding diaryl/α,β-unsaturated/α-hetero) is 1. The van der Waals surface area contributed by atoms with Crippen LogP contribution in [-0.2, 0) is 21.2 Å². The van der Waals surface area contributed by atoms with E-state index in [1.165, 1.54) is 19.2 Å². The summed E-state index contributed by atoms with van der Waals surface area (Å²) in [5, 5.41) is 0. The Bertz CT molecular complexity index is 463. The Hall–Kier alpha value is -1.20. The van der Waals surface area contributed by atoms with E-state index in [1.54, 1.807) is 12.1 Å². The maximum atomic E-state index is 11.4. The molecule has 0 aromatic heterocycles. The molecule has 0 saturated heterocycles. The van der Waals surface area contributed by atoms with E-state index >= 15 is 0 Å². The Morgan fingerprint density at radius 1 is 1.25 bits per heavy atom. The molecule has 5 heteroatoms. The smallest absolute Gasteiger partial charge is 0.240 e. The Morgan fingerprint density at radius 2 is 1.81 bits per heavy atom. The zero-order valence-corrected chi connectivity index (χ0v) is 10.2. The van der Waals surface area contributed by atoms with Gasteiger partial charge in [-0.3, -0.25) is 4.79 Å². The number of nitrogens with one attached hydrogen (secondary N) is 1. The molecule has 1 N–H and O–H groups in total. The van der Waals surface area contributed by atoms with Gasteiger partial charge >= 0.3 is 0 Å². The van der Waals surface area contributed by atoms with Crippen LogP contribution in [0.5, 0.6) is 0 Å². The monoisotopic (exact) mass is 241 g/mol. The summed E-state index contributed by atoms with van der Waals surface area (Å²) >= 11 is 0. The van der Waals surface area contributed by atoms with Crippen molar-refractivity contribution in [3.8, 4) is 0 Å². The second-order valence-corrected chi connectivity index (χ2v) is 5.31. The largest absolute Gasteiger partial charge is 0.299 e. The number of benzene rings is 1. The quantitative estimate of drug-likeness (QED) is 0.840. The minimum Gasteiger partial charge on any atom is -0.299 e. The lowest BCUT2D eigenvalue weighted by Gasteiger charge is -2.03. The average molecular weight is 241 g/mol. The van der Waals surface area contributed by atoms with Gasteiger partial charge in [-0.15, -0.1) is 0 Å². The molecule has 0 fully saturated rings. The molecule has 0 aliphatic carbocycles. The minimum absolute atomic E-state index is 0.143. The first-order valence-corrected chi connectivity index (χ1v) is 6.52. The van der Waals surface area contributed by atoms with Gasteiger partial charge in [-0.2, -0.15) is 0 Å². The molecule has 0 amide bonds. The van der Waals surface area contributed by atoms with Gasteiger partial charge in [-0.25, -0.2) is 13.1 Å². The first-order chi connectivity index (χ1) is 7.49. The second-order valence-electron chi connectivity index (χ2n) is 3.42. The molecule has 0 saturated carbocycles. The van der Waals surface area contributed by atoms with Crippen molar-refractivity contribution in [1.29, 1.82) is 0 Å². The molecular weight excluding hydrogens is 226 g/mol. The molecule has 0 unspecified atom stereocenters. The molecule has 1 aromatic rings. The van der Waals surface area contributed by atoms with Crippen molar-refractivity contribution >= 4 is 15.8 Å². The van der Waals surface area contributed by atoms with E-state index in [0.29, 0.717) is 12.8 Å². The predicted molar refractivity (Wildman–Crippen MR) is 61.7 cm³/mol. The molecule has 16 heavy (non-hydrogen) atoms. The third kappa shape index (κ3) is 3.15. The molecule has 0 bridgehead atoms. The van der Waals surface area contributed by atoms with E-state index in [1.807, 2.05) is 6.92 Å². The Kier molecular flexibility index (Phi) is 4.20. The predicted octanol–water partition coefficient (Wildman–Crippen LogP) is 1.12. The van der Waals surface area contributed by atoms with Crippen molar-refractivity contribution in [2.45, 2.75) is 24.7 Å². The highest BCUT2D eigenvalue weighted by Crippen LogP contribution is 2.11. The van der Waals surface area contributed by atoms with Gasteiger partial charge < -0.3 is 0 Å². The molecular formula is C11H15NO3S. The maximum Gasteiger partial charge on any atom is 0.240 e. The van der Waals surface area contributed by atoms with E-state index in [4.69, 9.17) is 0 Å². The summed E-state index contributed by atoms with van der Waals surface area (Å²) in [7, 11) is -2.02. The lowest BCUT2D eigenvalue weighted by Crippen LogP contribution is -2.18. The standard InChI is InChI=1S/C11H15NO3S/c1-3-10(13)8-9-4-6-11(7-5-9)16(14,15)12-2/h4-7,12H,3,8H2,1-2H3. The van der Waals surface area contributed by atoms with Crippen molar-refractivity contribution in [3.63, 3.8) is 0 Å². The first kappa shape index (κ1) is 12.9. The van der Waals surface area contributed by atoms with Crippen molar-refractivity contribution in [2.24, 2.45) is 0 Å². The number of rotatable bonds is 5. The SMILES string of the molecule is CCC(=O)Cc1ccc(S(=O)(=O)NC)cc1. The van der Waals surface area contributed by atoms with Gasteiger partial charge in [-0.1, -0.05) is 19.1 Å². The summed E-state index contributed by atoms with van der Waals surface area (Å²) in [6.45, 7) is 1.81. The summed E-state index contributed by atoms with van der Waals surface area (Å²) in [6.07, 6.45) is 0.854. The topological polar surface area (TPSA) is 63.2 Å². The fourth-order valence-electron chi connectivity index (χ4n) is 1.26. The van der Waals surface area contributed by atoms with Gasteiger partial charge in [0.15, 0.2) is 0 Å². The molecule has 1 rings (SSSR count). The van der Waals surface area contributed by atoms with Crippen LogP contribution in [0.1, 0.15) is 18.9 Å². The summed E-state index contributed by atoms with van der Waals surface area (Å²) in [4.78, 5) is 11.4. The van der Waals surface area contributed by atoms with Crippen LogP contribution in [0.4, 0.5) is 0 Å². The fraction of sp³-hybridized carbons (Fsp3) is 0.364. The highest BCUT2D eigenvalue weighted by atomic mass is 32.2. The van der Waals surface area contributed by atoms with Crippen molar-refractivity contribution in [2.75, 3.05) is 7.05 Å². The van der Waals surface area contributed by atoms with Crippen LogP contribution in [0.3, 0.4) is 0 Å². The third-order valence-electron chi connectivity index (χ3n) is 2.30. The number of ketones is 1. The summed E-state index contributed by atoms with van der Waals surface area (Å²) < 4.78 is 25.1. The van der Waals surface area contributed by atoms with E-state index in [2.05, 4.69) is 4.72 Å². The zero-order chi connectivity index (χ0) is 12.2. The van der Waals surface area contributed by atoms with E-state index in [9.17, 15) is 13.2 Å². The lowest BCUT2D eigenvalue weighted by molar-refractivity contribution is -0.118. The average Bonchev–Trinajstić information content (AvgIpc) is 2.29. The lowest BCUT2D eigenvalue weighted by atomic mass is 10.1. The van der Waals surface area contributed by atoms with Crippen molar-refractivity contribution in [1.82, 2.24) is 4.72 Å². The first-order valence-electron chi connectivity index (χ1n) is 5.03. The van der Waals surface area contributed by atoms with Crippen LogP contribution in [-0.4, -0.2) is 21.2 Å². The van der Waals surface area contributed by atoms with E-state index in [-0.39, 0.29) is 10.7 Å². The van der Waals surface area contributed by atoms with Gasteiger partial charge in [0.1, 0.15) is 5.78 Å². The molecule has 0 aliphatic rings. The second kappa shape index (κ2) is 5.23. The Balaban J connectivity index is 2.88. The van der Waals surface area contributed by atoms with Crippen LogP contribution >= 0.6 is 0 Å². The highest BCUT2D eigenvalue weighted by molar-refractivity contribution is 7.89. The molecule has 0 radical (unpaired) electrons. The molecule has 0 spiro atoms. The Morgan fingerprint density at radius 3 is 2.25 bits per heavy atom. The van der Waals surface area contributed by atoms with Gasteiger partial charge in [0.05, 0.1) is 4.90 Å². The van der Waals surface area contributed by atoms with Gasteiger partial charge in [-0.05, 0) is 24.7 Å². The van der Waals surface area contributed by atoms with E-state index < -0.39 is 10.0 Å². The molecule has 1 aromatic carbocycles.